The summed E-state index contributed by atoms with van der Waals surface area (Å²) in [6.45, 7) is 3.38. The summed E-state index contributed by atoms with van der Waals surface area (Å²) < 4.78 is 13.2. The molecule has 7 heteroatoms. The molecule has 154 valence electrons. The summed E-state index contributed by atoms with van der Waals surface area (Å²) >= 11 is 3.34. The van der Waals surface area contributed by atoms with Gasteiger partial charge in [0, 0.05) is 35.6 Å². The number of imidazole rings is 1. The second-order valence-corrected chi connectivity index (χ2v) is 8.36. The number of hydrogen-bond donors (Lipinski definition) is 0. The van der Waals surface area contributed by atoms with E-state index in [0.29, 0.717) is 6.61 Å². The van der Waals surface area contributed by atoms with Gasteiger partial charge < -0.3 is 14.0 Å². The van der Waals surface area contributed by atoms with E-state index in [4.69, 9.17) is 14.5 Å². The van der Waals surface area contributed by atoms with Gasteiger partial charge in [0.15, 0.2) is 16.7 Å². The largest absolute Gasteiger partial charge is 0.493 e. The highest BCUT2D eigenvalue weighted by atomic mass is 32.2. The van der Waals surface area contributed by atoms with Crippen LogP contribution in [0.15, 0.2) is 71.5 Å². The summed E-state index contributed by atoms with van der Waals surface area (Å²) in [6, 6.07) is 16.4. The molecule has 2 aromatic heterocycles. The van der Waals surface area contributed by atoms with Gasteiger partial charge in [-0.05, 0) is 30.7 Å². The summed E-state index contributed by atoms with van der Waals surface area (Å²) in [4.78, 5) is 9.32. The van der Waals surface area contributed by atoms with Crippen LogP contribution in [0.5, 0.6) is 11.5 Å². The smallest absolute Gasteiger partial charge is 0.168 e. The average Bonchev–Trinajstić information content (AvgIpc) is 3.43. The average molecular weight is 438 g/mol. The van der Waals surface area contributed by atoms with Crippen LogP contribution in [0, 0.1) is 0 Å². The number of ether oxygens (including phenoxy) is 2. The maximum atomic E-state index is 5.60. The van der Waals surface area contributed by atoms with Crippen molar-refractivity contribution < 1.29 is 9.47 Å². The Morgan fingerprint density at radius 3 is 2.77 bits per heavy atom. The van der Waals surface area contributed by atoms with Gasteiger partial charge in [-0.3, -0.25) is 0 Å². The molecule has 2 aromatic carbocycles. The fourth-order valence-corrected chi connectivity index (χ4v) is 4.83. The van der Waals surface area contributed by atoms with Crippen LogP contribution < -0.4 is 9.47 Å². The Bertz CT molecular complexity index is 1090. The van der Waals surface area contributed by atoms with E-state index in [1.807, 2.05) is 43.6 Å². The van der Waals surface area contributed by atoms with Crippen molar-refractivity contribution in [2.24, 2.45) is 0 Å². The molecule has 0 aliphatic carbocycles. The van der Waals surface area contributed by atoms with Gasteiger partial charge in [-0.15, -0.1) is 11.3 Å². The van der Waals surface area contributed by atoms with Crippen molar-refractivity contribution in [2.45, 2.75) is 24.4 Å². The molecule has 0 aliphatic heterocycles. The van der Waals surface area contributed by atoms with E-state index in [0.717, 1.165) is 45.2 Å². The predicted molar refractivity (Wildman–Crippen MR) is 123 cm³/mol. The molecular weight excluding hydrogens is 414 g/mol. The van der Waals surface area contributed by atoms with Crippen LogP contribution >= 0.6 is 23.1 Å². The van der Waals surface area contributed by atoms with E-state index in [9.17, 15) is 0 Å². The molecule has 0 N–H and O–H groups in total. The minimum atomic E-state index is 0.606. The third-order valence-electron chi connectivity index (χ3n) is 4.48. The molecule has 0 spiro atoms. The minimum Gasteiger partial charge on any atom is -0.493 e. The third kappa shape index (κ3) is 4.86. The van der Waals surface area contributed by atoms with Crippen LogP contribution in [0.25, 0.3) is 10.6 Å². The van der Waals surface area contributed by atoms with Gasteiger partial charge >= 0.3 is 0 Å². The van der Waals surface area contributed by atoms with Crippen molar-refractivity contribution in [2.75, 3.05) is 13.7 Å². The Labute approximate surface area is 184 Å². The van der Waals surface area contributed by atoms with Gasteiger partial charge in [-0.25, -0.2) is 9.97 Å². The maximum absolute atomic E-state index is 5.60. The van der Waals surface area contributed by atoms with Crippen molar-refractivity contribution in [3.05, 3.63) is 77.6 Å². The number of benzene rings is 2. The van der Waals surface area contributed by atoms with E-state index in [-0.39, 0.29) is 0 Å². The molecule has 0 bridgehead atoms. The molecule has 0 amide bonds. The summed E-state index contributed by atoms with van der Waals surface area (Å²) in [5.41, 5.74) is 3.34. The molecule has 4 aromatic rings. The summed E-state index contributed by atoms with van der Waals surface area (Å²) in [5, 5.41) is 4.08. The van der Waals surface area contributed by atoms with Crippen LogP contribution in [0.1, 0.15) is 18.2 Å². The lowest BCUT2D eigenvalue weighted by molar-refractivity contribution is 0.311. The fourth-order valence-electron chi connectivity index (χ4n) is 3.06. The van der Waals surface area contributed by atoms with E-state index in [1.54, 1.807) is 30.2 Å². The number of hydrogen-bond acceptors (Lipinski definition) is 6. The first kappa shape index (κ1) is 20.5. The molecule has 0 fully saturated rings. The maximum Gasteiger partial charge on any atom is 0.168 e. The fraction of sp³-hybridized carbons (Fsp3) is 0.217. The van der Waals surface area contributed by atoms with Gasteiger partial charge in [-0.1, -0.05) is 42.1 Å². The lowest BCUT2D eigenvalue weighted by Gasteiger charge is -2.10. The van der Waals surface area contributed by atoms with E-state index in [2.05, 4.69) is 39.2 Å². The first-order valence-corrected chi connectivity index (χ1v) is 11.6. The van der Waals surface area contributed by atoms with Crippen molar-refractivity contribution in [3.63, 3.8) is 0 Å². The highest BCUT2D eigenvalue weighted by Crippen LogP contribution is 2.34. The van der Waals surface area contributed by atoms with Crippen molar-refractivity contribution >= 4 is 23.1 Å². The molecule has 2 heterocycles. The Morgan fingerprint density at radius 1 is 1.10 bits per heavy atom. The Kier molecular flexibility index (Phi) is 6.71. The molecule has 0 unspecified atom stereocenters. The van der Waals surface area contributed by atoms with Gasteiger partial charge in [0.2, 0.25) is 0 Å². The van der Waals surface area contributed by atoms with Gasteiger partial charge in [0.05, 0.1) is 19.4 Å². The summed E-state index contributed by atoms with van der Waals surface area (Å²) in [6.07, 6.45) is 3.87. The van der Waals surface area contributed by atoms with Crippen LogP contribution in [0.3, 0.4) is 0 Å². The molecule has 5 nitrogen and oxygen atoms in total. The van der Waals surface area contributed by atoms with Gasteiger partial charge in [0.25, 0.3) is 0 Å². The number of thiazole rings is 1. The quantitative estimate of drug-likeness (QED) is 0.312. The normalized spacial score (nSPS) is 10.9. The zero-order chi connectivity index (χ0) is 20.8. The molecule has 4 rings (SSSR count). The second kappa shape index (κ2) is 9.82. The topological polar surface area (TPSA) is 49.2 Å². The van der Waals surface area contributed by atoms with Crippen LogP contribution in [0.2, 0.25) is 0 Å². The van der Waals surface area contributed by atoms with E-state index in [1.165, 1.54) is 5.56 Å². The Hall–Kier alpha value is -2.77. The standard InChI is InChI=1S/C23H23N3O2S2/c1-3-28-20-10-9-18(13-21(20)27-2)22-25-19(15-29-22)16-30-23-24-11-12-26(23)14-17-7-5-4-6-8-17/h4-13,15H,3,14,16H2,1-2H3. The number of thioether (sulfide) groups is 1. The molecule has 0 saturated heterocycles. The van der Waals surface area contributed by atoms with Gasteiger partial charge in [0.1, 0.15) is 5.01 Å². The summed E-state index contributed by atoms with van der Waals surface area (Å²) in [7, 11) is 1.66. The molecule has 0 aliphatic rings. The number of nitrogens with zero attached hydrogens (tertiary/aromatic N) is 3. The van der Waals surface area contributed by atoms with Crippen molar-refractivity contribution in [1.29, 1.82) is 0 Å². The number of rotatable bonds is 9. The molecule has 0 radical (unpaired) electrons. The predicted octanol–water partition coefficient (Wildman–Crippen LogP) is 5.75. The molecular formula is C23H23N3O2S2. The Morgan fingerprint density at radius 2 is 1.97 bits per heavy atom. The molecule has 0 saturated carbocycles. The van der Waals surface area contributed by atoms with Gasteiger partial charge in [-0.2, -0.15) is 0 Å². The zero-order valence-electron chi connectivity index (χ0n) is 16.9. The monoisotopic (exact) mass is 437 g/mol. The van der Waals surface area contributed by atoms with Crippen LogP contribution in [0.4, 0.5) is 0 Å². The van der Waals surface area contributed by atoms with Crippen molar-refractivity contribution in [1.82, 2.24) is 14.5 Å². The lowest BCUT2D eigenvalue weighted by atomic mass is 10.2. The van der Waals surface area contributed by atoms with Crippen molar-refractivity contribution in [3.8, 4) is 22.1 Å². The first-order valence-electron chi connectivity index (χ1n) is 9.70. The van der Waals surface area contributed by atoms with Crippen LogP contribution in [-0.2, 0) is 12.3 Å². The molecule has 30 heavy (non-hydrogen) atoms. The third-order valence-corrected chi connectivity index (χ3v) is 6.46. The first-order chi connectivity index (χ1) is 14.8. The SMILES string of the molecule is CCOc1ccc(-c2nc(CSc3nccn3Cc3ccccc3)cs2)cc1OC. The number of methoxy groups -OCH3 is 1. The second-order valence-electron chi connectivity index (χ2n) is 6.55. The zero-order valence-corrected chi connectivity index (χ0v) is 18.6. The number of aromatic nitrogens is 3. The van der Waals surface area contributed by atoms with E-state index >= 15 is 0 Å². The lowest BCUT2D eigenvalue weighted by Crippen LogP contribution is -2.00. The minimum absolute atomic E-state index is 0.606. The molecule has 0 atom stereocenters. The van der Waals surface area contributed by atoms with E-state index < -0.39 is 0 Å². The highest BCUT2D eigenvalue weighted by Gasteiger charge is 2.11. The summed E-state index contributed by atoms with van der Waals surface area (Å²) in [5.74, 6) is 2.25. The highest BCUT2D eigenvalue weighted by molar-refractivity contribution is 7.98. The van der Waals surface area contributed by atoms with Crippen LogP contribution in [-0.4, -0.2) is 28.3 Å². The Balaban J connectivity index is 1.43.